The van der Waals surface area contributed by atoms with Gasteiger partial charge in [-0.1, -0.05) is 12.1 Å². The lowest BCUT2D eigenvalue weighted by Crippen LogP contribution is -2.45. The van der Waals surface area contributed by atoms with Crippen molar-refractivity contribution in [3.8, 4) is 0 Å². The monoisotopic (exact) mass is 219 g/mol. The van der Waals surface area contributed by atoms with E-state index in [4.69, 9.17) is 5.73 Å². The Kier molecular flexibility index (Phi) is 3.41. The van der Waals surface area contributed by atoms with Crippen molar-refractivity contribution in [3.63, 3.8) is 0 Å². The van der Waals surface area contributed by atoms with Crippen molar-refractivity contribution >= 4 is 12.1 Å². The average molecular weight is 219 g/mol. The van der Waals surface area contributed by atoms with Gasteiger partial charge in [0.1, 0.15) is 0 Å². The van der Waals surface area contributed by atoms with E-state index in [0.717, 1.165) is 44.8 Å². The van der Waals surface area contributed by atoms with E-state index in [0.29, 0.717) is 0 Å². The molecule has 1 aliphatic rings. The molecule has 2 rings (SSSR count). The Bertz CT molecular complexity index is 359. The predicted octanol–water partition coefficient (Wildman–Crippen LogP) is 0.543. The van der Waals surface area contributed by atoms with E-state index in [1.54, 1.807) is 0 Å². The fraction of sp³-hybridized carbons (Fsp3) is 0.417. The van der Waals surface area contributed by atoms with Crippen LogP contribution in [0.5, 0.6) is 0 Å². The third-order valence-electron chi connectivity index (χ3n) is 2.91. The van der Waals surface area contributed by atoms with Gasteiger partial charge in [-0.3, -0.25) is 9.69 Å². The van der Waals surface area contributed by atoms with Crippen LogP contribution >= 0.6 is 0 Å². The van der Waals surface area contributed by atoms with Crippen LogP contribution in [0.15, 0.2) is 24.3 Å². The van der Waals surface area contributed by atoms with Crippen LogP contribution in [-0.4, -0.2) is 42.4 Å². The summed E-state index contributed by atoms with van der Waals surface area (Å²) in [6.07, 6.45) is 0.928. The van der Waals surface area contributed by atoms with Gasteiger partial charge in [0.05, 0.1) is 0 Å². The minimum atomic E-state index is 0.809. The van der Waals surface area contributed by atoms with Gasteiger partial charge in [-0.2, -0.15) is 0 Å². The summed E-state index contributed by atoms with van der Waals surface area (Å²) in [5, 5.41) is 0. The van der Waals surface area contributed by atoms with Crippen molar-refractivity contribution in [1.82, 2.24) is 9.80 Å². The van der Waals surface area contributed by atoms with Gasteiger partial charge in [-0.15, -0.1) is 0 Å². The first-order valence-electron chi connectivity index (χ1n) is 5.54. The number of carbonyl (C=O) groups excluding carboxylic acids is 1. The Balaban J connectivity index is 1.89. The number of anilines is 1. The summed E-state index contributed by atoms with van der Waals surface area (Å²) in [6.45, 7) is 4.44. The molecule has 0 radical (unpaired) electrons. The van der Waals surface area contributed by atoms with Crippen LogP contribution in [0.4, 0.5) is 5.69 Å². The summed E-state index contributed by atoms with van der Waals surface area (Å²) in [4.78, 5) is 14.7. The largest absolute Gasteiger partial charge is 0.399 e. The van der Waals surface area contributed by atoms with Gasteiger partial charge in [0.15, 0.2) is 0 Å². The molecular formula is C12H17N3O. The van der Waals surface area contributed by atoms with Crippen LogP contribution in [0.1, 0.15) is 5.56 Å². The van der Waals surface area contributed by atoms with Gasteiger partial charge in [-0.05, 0) is 17.7 Å². The average Bonchev–Trinajstić information content (AvgIpc) is 2.30. The van der Waals surface area contributed by atoms with Gasteiger partial charge in [0.2, 0.25) is 6.41 Å². The number of nitrogens with two attached hydrogens (primary N) is 1. The summed E-state index contributed by atoms with van der Waals surface area (Å²) in [7, 11) is 0. The Morgan fingerprint density at radius 1 is 1.25 bits per heavy atom. The van der Waals surface area contributed by atoms with Crippen LogP contribution < -0.4 is 5.73 Å². The first-order valence-corrected chi connectivity index (χ1v) is 5.54. The van der Waals surface area contributed by atoms with Crippen molar-refractivity contribution in [1.29, 1.82) is 0 Å². The molecule has 0 spiro atoms. The molecule has 2 N–H and O–H groups in total. The first-order chi connectivity index (χ1) is 7.78. The predicted molar refractivity (Wildman–Crippen MR) is 63.8 cm³/mol. The van der Waals surface area contributed by atoms with Crippen LogP contribution in [0.25, 0.3) is 0 Å². The van der Waals surface area contributed by atoms with Crippen molar-refractivity contribution in [2.24, 2.45) is 0 Å². The molecule has 1 aromatic rings. The van der Waals surface area contributed by atoms with E-state index in [9.17, 15) is 4.79 Å². The molecule has 4 heteroatoms. The zero-order valence-electron chi connectivity index (χ0n) is 9.30. The second kappa shape index (κ2) is 4.99. The molecule has 1 fully saturated rings. The molecule has 1 heterocycles. The molecular weight excluding hydrogens is 202 g/mol. The molecule has 0 aromatic heterocycles. The van der Waals surface area contributed by atoms with E-state index in [1.165, 1.54) is 5.56 Å². The van der Waals surface area contributed by atoms with Gasteiger partial charge >= 0.3 is 0 Å². The maximum absolute atomic E-state index is 10.6. The molecule has 0 saturated carbocycles. The quantitative estimate of drug-likeness (QED) is 0.596. The number of hydrogen-bond donors (Lipinski definition) is 1. The molecule has 1 aromatic carbocycles. The van der Waals surface area contributed by atoms with Gasteiger partial charge in [-0.25, -0.2) is 0 Å². The molecule has 4 nitrogen and oxygen atoms in total. The lowest BCUT2D eigenvalue weighted by molar-refractivity contribution is -0.119. The minimum Gasteiger partial charge on any atom is -0.399 e. The number of rotatable bonds is 3. The summed E-state index contributed by atoms with van der Waals surface area (Å²) >= 11 is 0. The smallest absolute Gasteiger partial charge is 0.209 e. The fourth-order valence-corrected chi connectivity index (χ4v) is 1.98. The normalized spacial score (nSPS) is 17.4. The zero-order valence-corrected chi connectivity index (χ0v) is 9.30. The van der Waals surface area contributed by atoms with Crippen molar-refractivity contribution in [2.45, 2.75) is 6.54 Å². The molecule has 1 aliphatic heterocycles. The number of piperazine rings is 1. The highest BCUT2D eigenvalue weighted by Crippen LogP contribution is 2.11. The molecule has 0 aliphatic carbocycles. The van der Waals surface area contributed by atoms with E-state index in [1.807, 2.05) is 23.1 Å². The molecule has 0 unspecified atom stereocenters. The van der Waals surface area contributed by atoms with E-state index >= 15 is 0 Å². The standard InChI is InChI=1S/C12H17N3O/c13-12-3-1-2-11(8-12)9-14-4-6-15(10-16)7-5-14/h1-3,8,10H,4-7,9,13H2. The number of amides is 1. The summed E-state index contributed by atoms with van der Waals surface area (Å²) in [6, 6.07) is 7.97. The Hall–Kier alpha value is -1.55. The highest BCUT2D eigenvalue weighted by Gasteiger charge is 2.15. The minimum absolute atomic E-state index is 0.809. The highest BCUT2D eigenvalue weighted by molar-refractivity contribution is 5.47. The molecule has 0 bridgehead atoms. The number of nitrogen functional groups attached to an aromatic ring is 1. The Morgan fingerprint density at radius 3 is 2.62 bits per heavy atom. The van der Waals surface area contributed by atoms with Gasteiger partial charge in [0, 0.05) is 38.4 Å². The van der Waals surface area contributed by atoms with E-state index < -0.39 is 0 Å². The third kappa shape index (κ3) is 2.73. The lowest BCUT2D eigenvalue weighted by atomic mass is 10.2. The van der Waals surface area contributed by atoms with Crippen molar-refractivity contribution in [3.05, 3.63) is 29.8 Å². The summed E-state index contributed by atoms with van der Waals surface area (Å²) in [5.74, 6) is 0. The van der Waals surface area contributed by atoms with Crippen LogP contribution in [0.2, 0.25) is 0 Å². The zero-order chi connectivity index (χ0) is 11.4. The molecule has 16 heavy (non-hydrogen) atoms. The Morgan fingerprint density at radius 2 is 2.00 bits per heavy atom. The van der Waals surface area contributed by atoms with Gasteiger partial charge in [0.25, 0.3) is 0 Å². The van der Waals surface area contributed by atoms with E-state index in [2.05, 4.69) is 11.0 Å². The summed E-state index contributed by atoms with van der Waals surface area (Å²) < 4.78 is 0. The van der Waals surface area contributed by atoms with Gasteiger partial charge < -0.3 is 10.6 Å². The Labute approximate surface area is 95.6 Å². The molecule has 1 amide bonds. The topological polar surface area (TPSA) is 49.6 Å². The molecule has 1 saturated heterocycles. The first kappa shape index (κ1) is 11.0. The third-order valence-corrected chi connectivity index (χ3v) is 2.91. The van der Waals surface area contributed by atoms with Crippen molar-refractivity contribution in [2.75, 3.05) is 31.9 Å². The maximum Gasteiger partial charge on any atom is 0.209 e. The summed E-state index contributed by atoms with van der Waals surface area (Å²) in [5.41, 5.74) is 7.78. The SMILES string of the molecule is Nc1cccc(CN2CCN(C=O)CC2)c1. The second-order valence-electron chi connectivity index (χ2n) is 4.16. The molecule has 0 atom stereocenters. The second-order valence-corrected chi connectivity index (χ2v) is 4.16. The number of carbonyl (C=O) groups is 1. The van der Waals surface area contributed by atoms with E-state index in [-0.39, 0.29) is 0 Å². The van der Waals surface area contributed by atoms with Crippen LogP contribution in [-0.2, 0) is 11.3 Å². The number of nitrogens with zero attached hydrogens (tertiary/aromatic N) is 2. The van der Waals surface area contributed by atoms with Crippen LogP contribution in [0, 0.1) is 0 Å². The maximum atomic E-state index is 10.6. The fourth-order valence-electron chi connectivity index (χ4n) is 1.98. The highest BCUT2D eigenvalue weighted by atomic mass is 16.1. The molecule has 86 valence electrons. The lowest BCUT2D eigenvalue weighted by Gasteiger charge is -2.32. The van der Waals surface area contributed by atoms with Crippen LogP contribution in [0.3, 0.4) is 0 Å². The number of benzene rings is 1. The van der Waals surface area contributed by atoms with Crippen molar-refractivity contribution < 1.29 is 4.79 Å². The number of hydrogen-bond acceptors (Lipinski definition) is 3.